The minimum absolute atomic E-state index is 0.0891. The Kier molecular flexibility index (Phi) is 1.96. The molecule has 2 heteroatoms. The lowest BCUT2D eigenvalue weighted by Gasteiger charge is -2.32. The van der Waals surface area contributed by atoms with Gasteiger partial charge in [-0.05, 0) is 6.42 Å². The zero-order valence-corrected chi connectivity index (χ0v) is 7.35. The number of hydrogen-bond donors (Lipinski definition) is 1. The molecule has 1 N–H and O–H groups in total. The maximum absolute atomic E-state index is 9.50. The quantitative estimate of drug-likeness (QED) is 0.514. The molecule has 9 heavy (non-hydrogen) atoms. The largest absolute Gasteiger partial charge is 0.397 e. The summed E-state index contributed by atoms with van der Waals surface area (Å²) in [4.78, 5) is 0. The van der Waals surface area contributed by atoms with Crippen LogP contribution in [0.15, 0.2) is 0 Å². The van der Waals surface area contributed by atoms with Crippen molar-refractivity contribution in [2.24, 2.45) is 0 Å². The van der Waals surface area contributed by atoms with Gasteiger partial charge in [-0.2, -0.15) is 0 Å². The van der Waals surface area contributed by atoms with E-state index in [4.69, 9.17) is 0 Å². The summed E-state index contributed by atoms with van der Waals surface area (Å²) in [5, 5.41) is 9.50. The second-order valence-electron chi connectivity index (χ2n) is 3.75. The van der Waals surface area contributed by atoms with E-state index in [9.17, 15) is 5.11 Å². The molecule has 0 aromatic rings. The highest BCUT2D eigenvalue weighted by Crippen LogP contribution is 2.26. The van der Waals surface area contributed by atoms with Gasteiger partial charge in [0, 0.05) is 5.73 Å². The van der Waals surface area contributed by atoms with Crippen molar-refractivity contribution in [3.8, 4) is 0 Å². The third-order valence-electron chi connectivity index (χ3n) is 2.45. The number of aliphatic hydroxyl groups is 1. The Morgan fingerprint density at radius 3 is 2.33 bits per heavy atom. The van der Waals surface area contributed by atoms with Crippen LogP contribution in [-0.2, 0) is 0 Å². The second kappa shape index (κ2) is 2.43. The van der Waals surface area contributed by atoms with Gasteiger partial charge in [0.2, 0.25) is 0 Å². The topological polar surface area (TPSA) is 20.2 Å². The van der Waals surface area contributed by atoms with Crippen molar-refractivity contribution in [1.29, 1.82) is 0 Å². The van der Waals surface area contributed by atoms with Gasteiger partial charge in [-0.25, -0.2) is 0 Å². The summed E-state index contributed by atoms with van der Waals surface area (Å²) in [6.07, 6.45) is 3.67. The van der Waals surface area contributed by atoms with Crippen molar-refractivity contribution < 1.29 is 5.11 Å². The molecule has 0 radical (unpaired) electrons. The van der Waals surface area contributed by atoms with Gasteiger partial charge >= 0.3 is 0 Å². The predicted octanol–water partition coefficient (Wildman–Crippen LogP) is 1.78. The Morgan fingerprint density at radius 2 is 2.00 bits per heavy atom. The number of aliphatic hydroxyl groups excluding tert-OH is 1. The van der Waals surface area contributed by atoms with Crippen LogP contribution in [-0.4, -0.2) is 18.9 Å². The SMILES string of the molecule is C[Si]1(C)CCCCC1O. The zero-order chi connectivity index (χ0) is 6.91. The molecule has 0 aromatic carbocycles. The third-order valence-corrected chi connectivity index (χ3v) is 6.19. The van der Waals surface area contributed by atoms with E-state index in [0.29, 0.717) is 0 Å². The fourth-order valence-electron chi connectivity index (χ4n) is 1.48. The molecule has 1 rings (SSSR count). The second-order valence-corrected chi connectivity index (χ2v) is 8.89. The molecule has 1 fully saturated rings. The maximum atomic E-state index is 9.50. The Bertz CT molecular complexity index is 101. The lowest BCUT2D eigenvalue weighted by molar-refractivity contribution is 0.220. The predicted molar refractivity (Wildman–Crippen MR) is 42.1 cm³/mol. The Morgan fingerprint density at radius 1 is 1.33 bits per heavy atom. The first-order valence-electron chi connectivity index (χ1n) is 3.81. The molecule has 54 valence electrons. The van der Waals surface area contributed by atoms with E-state index in [1.54, 1.807) is 0 Å². The highest BCUT2D eigenvalue weighted by atomic mass is 28.3. The van der Waals surface area contributed by atoms with Crippen LogP contribution < -0.4 is 0 Å². The van der Waals surface area contributed by atoms with Gasteiger partial charge < -0.3 is 5.11 Å². The van der Waals surface area contributed by atoms with E-state index in [1.165, 1.54) is 18.9 Å². The number of hydrogen-bond acceptors (Lipinski definition) is 1. The molecule has 1 saturated heterocycles. The monoisotopic (exact) mass is 144 g/mol. The molecule has 1 nitrogen and oxygen atoms in total. The van der Waals surface area contributed by atoms with Gasteiger partial charge in [-0.15, -0.1) is 0 Å². The number of rotatable bonds is 0. The van der Waals surface area contributed by atoms with Crippen LogP contribution in [0.3, 0.4) is 0 Å². The molecule has 0 aliphatic carbocycles. The molecule has 0 spiro atoms. The van der Waals surface area contributed by atoms with Crippen LogP contribution in [0, 0.1) is 0 Å². The first kappa shape index (κ1) is 7.29. The molecule has 1 unspecified atom stereocenters. The maximum Gasteiger partial charge on any atom is 0.0812 e. The van der Waals surface area contributed by atoms with Gasteiger partial charge in [-0.1, -0.05) is 32.0 Å². The van der Waals surface area contributed by atoms with Crippen LogP contribution in [0.2, 0.25) is 19.1 Å². The van der Waals surface area contributed by atoms with Crippen LogP contribution in [0.25, 0.3) is 0 Å². The summed E-state index contributed by atoms with van der Waals surface area (Å²) in [5.74, 6) is 0. The van der Waals surface area contributed by atoms with Crippen LogP contribution >= 0.6 is 0 Å². The Balaban J connectivity index is 2.49. The van der Waals surface area contributed by atoms with Crippen molar-refractivity contribution in [3.63, 3.8) is 0 Å². The molecular formula is C7H16OSi. The van der Waals surface area contributed by atoms with E-state index >= 15 is 0 Å². The van der Waals surface area contributed by atoms with Crippen LogP contribution in [0.5, 0.6) is 0 Å². The fourth-order valence-corrected chi connectivity index (χ4v) is 3.96. The summed E-state index contributed by atoms with van der Waals surface area (Å²) in [7, 11) is -1.14. The van der Waals surface area contributed by atoms with Gasteiger partial charge in [0.15, 0.2) is 0 Å². The molecule has 0 amide bonds. The van der Waals surface area contributed by atoms with Crippen molar-refractivity contribution in [1.82, 2.24) is 0 Å². The highest BCUT2D eigenvalue weighted by Gasteiger charge is 2.32. The molecule has 0 saturated carbocycles. The third kappa shape index (κ3) is 1.55. The standard InChI is InChI=1S/C7H16OSi/c1-9(2)6-4-3-5-7(9)8/h7-8H,3-6H2,1-2H3. The van der Waals surface area contributed by atoms with Crippen molar-refractivity contribution in [2.75, 3.05) is 0 Å². The Labute approximate surface area is 58.1 Å². The first-order chi connectivity index (χ1) is 4.13. The molecule has 1 atom stereocenters. The van der Waals surface area contributed by atoms with E-state index in [2.05, 4.69) is 13.1 Å². The van der Waals surface area contributed by atoms with E-state index in [1.807, 2.05) is 0 Å². The van der Waals surface area contributed by atoms with Gasteiger partial charge in [-0.3, -0.25) is 0 Å². The summed E-state index contributed by atoms with van der Waals surface area (Å²) >= 11 is 0. The molecule has 1 aliphatic rings. The lowest BCUT2D eigenvalue weighted by atomic mass is 10.2. The molecule has 0 aromatic heterocycles. The molecule has 1 heterocycles. The average molecular weight is 144 g/mol. The fraction of sp³-hybridized carbons (Fsp3) is 1.00. The molecule has 0 bridgehead atoms. The first-order valence-corrected chi connectivity index (χ1v) is 7.09. The summed E-state index contributed by atoms with van der Waals surface area (Å²) in [6, 6.07) is 1.33. The average Bonchev–Trinajstić information content (AvgIpc) is 1.77. The summed E-state index contributed by atoms with van der Waals surface area (Å²) in [6.45, 7) is 4.58. The van der Waals surface area contributed by atoms with Gasteiger partial charge in [0.05, 0.1) is 8.07 Å². The smallest absolute Gasteiger partial charge is 0.0812 e. The van der Waals surface area contributed by atoms with Crippen molar-refractivity contribution >= 4 is 8.07 Å². The van der Waals surface area contributed by atoms with E-state index in [-0.39, 0.29) is 5.73 Å². The van der Waals surface area contributed by atoms with E-state index < -0.39 is 8.07 Å². The lowest BCUT2D eigenvalue weighted by Crippen LogP contribution is -2.43. The van der Waals surface area contributed by atoms with E-state index in [0.717, 1.165) is 6.42 Å². The highest BCUT2D eigenvalue weighted by molar-refractivity contribution is 6.78. The van der Waals surface area contributed by atoms with Crippen molar-refractivity contribution in [3.05, 3.63) is 0 Å². The molecule has 1 aliphatic heterocycles. The normalized spacial score (nSPS) is 34.3. The minimum atomic E-state index is -1.14. The summed E-state index contributed by atoms with van der Waals surface area (Å²) in [5.41, 5.74) is 0.0891. The Hall–Kier alpha value is 0.177. The van der Waals surface area contributed by atoms with Gasteiger partial charge in [0.1, 0.15) is 0 Å². The summed E-state index contributed by atoms with van der Waals surface area (Å²) < 4.78 is 0. The van der Waals surface area contributed by atoms with Crippen molar-refractivity contribution in [2.45, 2.75) is 44.1 Å². The van der Waals surface area contributed by atoms with Crippen LogP contribution in [0.1, 0.15) is 19.3 Å². The zero-order valence-electron chi connectivity index (χ0n) is 6.35. The molecular weight excluding hydrogens is 128 g/mol. The minimum Gasteiger partial charge on any atom is -0.397 e. The van der Waals surface area contributed by atoms with Gasteiger partial charge in [0.25, 0.3) is 0 Å². The van der Waals surface area contributed by atoms with Crippen LogP contribution in [0.4, 0.5) is 0 Å².